The van der Waals surface area contributed by atoms with Crippen LogP contribution in [0.4, 0.5) is 15.8 Å². The molecule has 0 atom stereocenters. The molecule has 0 aliphatic heterocycles. The van der Waals surface area contributed by atoms with Crippen molar-refractivity contribution in [1.29, 1.82) is 0 Å². The van der Waals surface area contributed by atoms with Crippen molar-refractivity contribution in [2.45, 2.75) is 6.54 Å². The summed E-state index contributed by atoms with van der Waals surface area (Å²) >= 11 is 11.8. The van der Waals surface area contributed by atoms with Crippen LogP contribution in [0.25, 0.3) is 0 Å². The second-order valence-electron chi connectivity index (χ2n) is 6.88. The Bertz CT molecular complexity index is 1180. The van der Waals surface area contributed by atoms with Crippen molar-refractivity contribution in [3.05, 3.63) is 88.2 Å². The average Bonchev–Trinajstić information content (AvgIpc) is 2.71. The monoisotopic (exact) mass is 496 g/mol. The van der Waals surface area contributed by atoms with E-state index in [4.69, 9.17) is 27.9 Å². The molecule has 0 aliphatic rings. The van der Waals surface area contributed by atoms with E-state index in [2.05, 4.69) is 5.32 Å². The van der Waals surface area contributed by atoms with Crippen LogP contribution in [-0.2, 0) is 21.4 Å². The lowest BCUT2D eigenvalue weighted by atomic mass is 10.2. The van der Waals surface area contributed by atoms with Gasteiger partial charge in [-0.1, -0.05) is 35.3 Å². The van der Waals surface area contributed by atoms with E-state index in [0.29, 0.717) is 32.7 Å². The Labute approximate surface area is 195 Å². The third kappa shape index (κ3) is 6.85. The molecule has 0 aromatic heterocycles. The van der Waals surface area contributed by atoms with Gasteiger partial charge >= 0.3 is 0 Å². The highest BCUT2D eigenvalue weighted by Crippen LogP contribution is 2.25. The van der Waals surface area contributed by atoms with Crippen molar-refractivity contribution in [1.82, 2.24) is 0 Å². The Morgan fingerprint density at radius 2 is 1.59 bits per heavy atom. The molecule has 3 rings (SSSR count). The lowest BCUT2D eigenvalue weighted by Crippen LogP contribution is -2.29. The summed E-state index contributed by atoms with van der Waals surface area (Å²) in [5, 5.41) is 3.41. The fourth-order valence-electron chi connectivity index (χ4n) is 2.84. The summed E-state index contributed by atoms with van der Waals surface area (Å²) in [7, 11) is -3.59. The zero-order valence-electron chi connectivity index (χ0n) is 16.9. The van der Waals surface area contributed by atoms with Crippen molar-refractivity contribution in [3.8, 4) is 5.75 Å². The van der Waals surface area contributed by atoms with Gasteiger partial charge in [0.1, 0.15) is 11.6 Å². The Balaban J connectivity index is 1.64. The van der Waals surface area contributed by atoms with Crippen LogP contribution >= 0.6 is 23.2 Å². The summed E-state index contributed by atoms with van der Waals surface area (Å²) in [6, 6.07) is 16.5. The molecule has 3 aromatic carbocycles. The molecule has 1 N–H and O–H groups in total. The van der Waals surface area contributed by atoms with E-state index in [-0.39, 0.29) is 13.2 Å². The first-order chi connectivity index (χ1) is 15.1. The number of nitrogens with zero attached hydrogens (tertiary/aromatic N) is 1. The van der Waals surface area contributed by atoms with Gasteiger partial charge in [-0.05, 0) is 60.2 Å². The predicted octanol–water partition coefficient (Wildman–Crippen LogP) is 5.12. The smallest absolute Gasteiger partial charge is 0.262 e. The van der Waals surface area contributed by atoms with E-state index in [1.165, 1.54) is 28.6 Å². The summed E-state index contributed by atoms with van der Waals surface area (Å²) in [5.74, 6) is -0.437. The lowest BCUT2D eigenvalue weighted by Gasteiger charge is -2.22. The number of hydrogen-bond acceptors (Lipinski definition) is 4. The minimum Gasteiger partial charge on any atom is -0.484 e. The summed E-state index contributed by atoms with van der Waals surface area (Å²) in [6.07, 6.45) is 1.09. The first kappa shape index (κ1) is 23.8. The van der Waals surface area contributed by atoms with Crippen molar-refractivity contribution in [2.24, 2.45) is 0 Å². The minimum absolute atomic E-state index is 0.0456. The van der Waals surface area contributed by atoms with Gasteiger partial charge in [-0.2, -0.15) is 0 Å². The van der Waals surface area contributed by atoms with E-state index in [9.17, 15) is 17.6 Å². The average molecular weight is 497 g/mol. The van der Waals surface area contributed by atoms with Crippen molar-refractivity contribution >= 4 is 50.5 Å². The number of carbonyl (C=O) groups excluding carboxylic acids is 1. The normalized spacial score (nSPS) is 11.1. The third-order valence-electron chi connectivity index (χ3n) is 4.28. The lowest BCUT2D eigenvalue weighted by molar-refractivity contribution is -0.118. The van der Waals surface area contributed by atoms with Crippen molar-refractivity contribution in [2.75, 3.05) is 22.5 Å². The molecular weight excluding hydrogens is 478 g/mol. The number of ether oxygens (including phenoxy) is 1. The number of rotatable bonds is 8. The Kier molecular flexibility index (Phi) is 7.60. The van der Waals surface area contributed by atoms with Gasteiger partial charge in [0.25, 0.3) is 5.91 Å². The van der Waals surface area contributed by atoms with Gasteiger partial charge in [0.05, 0.1) is 18.5 Å². The van der Waals surface area contributed by atoms with E-state index in [1.807, 2.05) is 0 Å². The maximum atomic E-state index is 13.1. The highest BCUT2D eigenvalue weighted by molar-refractivity contribution is 7.92. The van der Waals surface area contributed by atoms with Crippen molar-refractivity contribution < 1.29 is 22.3 Å². The van der Waals surface area contributed by atoms with Crippen LogP contribution in [0, 0.1) is 5.82 Å². The van der Waals surface area contributed by atoms with Crippen LogP contribution in [0.1, 0.15) is 5.56 Å². The predicted molar refractivity (Wildman–Crippen MR) is 124 cm³/mol. The van der Waals surface area contributed by atoms with Crippen molar-refractivity contribution in [3.63, 3.8) is 0 Å². The molecule has 0 aliphatic carbocycles. The summed E-state index contributed by atoms with van der Waals surface area (Å²) in [6.45, 7) is -0.223. The van der Waals surface area contributed by atoms with Gasteiger partial charge in [0, 0.05) is 15.7 Å². The standard InChI is InChI=1S/C22H19Cl2FN2O4S/c1-32(29,30)27(13-15-2-4-18(25)5-3-15)20-6-8-21(9-7-20)31-14-22(28)26-19-11-16(23)10-17(24)12-19/h2-12H,13-14H2,1H3,(H,26,28). The topological polar surface area (TPSA) is 75.7 Å². The molecule has 0 spiro atoms. The molecule has 0 saturated carbocycles. The second-order valence-corrected chi connectivity index (χ2v) is 9.66. The maximum Gasteiger partial charge on any atom is 0.262 e. The zero-order chi connectivity index (χ0) is 23.3. The zero-order valence-corrected chi connectivity index (χ0v) is 19.2. The fourth-order valence-corrected chi connectivity index (χ4v) is 4.25. The van der Waals surface area contributed by atoms with E-state index >= 15 is 0 Å². The first-order valence-corrected chi connectivity index (χ1v) is 11.9. The molecule has 0 unspecified atom stereocenters. The molecule has 0 heterocycles. The first-order valence-electron chi connectivity index (χ1n) is 9.31. The quantitative estimate of drug-likeness (QED) is 0.469. The van der Waals surface area contributed by atoms with Gasteiger partial charge < -0.3 is 10.1 Å². The SMILES string of the molecule is CS(=O)(=O)N(Cc1ccc(F)cc1)c1ccc(OCC(=O)Nc2cc(Cl)cc(Cl)c2)cc1. The number of carbonyl (C=O) groups is 1. The summed E-state index contributed by atoms with van der Waals surface area (Å²) < 4.78 is 44.3. The van der Waals surface area contributed by atoms with E-state index in [1.54, 1.807) is 42.5 Å². The Morgan fingerprint density at radius 1 is 1.00 bits per heavy atom. The number of amides is 1. The van der Waals surface area contributed by atoms with Crippen LogP contribution in [0.15, 0.2) is 66.7 Å². The Hall–Kier alpha value is -2.81. The maximum absolute atomic E-state index is 13.1. The number of anilines is 2. The highest BCUT2D eigenvalue weighted by atomic mass is 35.5. The molecule has 3 aromatic rings. The summed E-state index contributed by atoms with van der Waals surface area (Å²) in [4.78, 5) is 12.1. The molecule has 0 radical (unpaired) electrons. The van der Waals surface area contributed by atoms with Gasteiger partial charge in [-0.15, -0.1) is 0 Å². The molecule has 32 heavy (non-hydrogen) atoms. The molecule has 0 fully saturated rings. The van der Waals surface area contributed by atoms with Crippen LogP contribution in [-0.4, -0.2) is 27.2 Å². The van der Waals surface area contributed by atoms with Crippen LogP contribution in [0.2, 0.25) is 10.0 Å². The van der Waals surface area contributed by atoms with Crippen LogP contribution in [0.5, 0.6) is 5.75 Å². The van der Waals surface area contributed by atoms with Gasteiger partial charge in [-0.3, -0.25) is 9.10 Å². The number of benzene rings is 3. The number of halogens is 3. The van der Waals surface area contributed by atoms with E-state index in [0.717, 1.165) is 6.26 Å². The number of hydrogen-bond donors (Lipinski definition) is 1. The molecule has 0 saturated heterocycles. The number of sulfonamides is 1. The van der Waals surface area contributed by atoms with Gasteiger partial charge in [0.2, 0.25) is 10.0 Å². The van der Waals surface area contributed by atoms with E-state index < -0.39 is 21.7 Å². The second kappa shape index (κ2) is 10.2. The number of nitrogens with one attached hydrogen (secondary N) is 1. The largest absolute Gasteiger partial charge is 0.484 e. The molecular formula is C22H19Cl2FN2O4S. The van der Waals surface area contributed by atoms with Gasteiger partial charge in [0.15, 0.2) is 6.61 Å². The molecule has 10 heteroatoms. The van der Waals surface area contributed by atoms with Crippen LogP contribution in [0.3, 0.4) is 0 Å². The molecule has 168 valence electrons. The highest BCUT2D eigenvalue weighted by Gasteiger charge is 2.18. The summed E-state index contributed by atoms with van der Waals surface area (Å²) in [5.41, 5.74) is 1.48. The Morgan fingerprint density at radius 3 is 2.16 bits per heavy atom. The molecule has 0 bridgehead atoms. The third-order valence-corrected chi connectivity index (χ3v) is 5.86. The molecule has 1 amide bonds. The minimum atomic E-state index is -3.59. The fraction of sp³-hybridized carbons (Fsp3) is 0.136. The van der Waals surface area contributed by atoms with Gasteiger partial charge in [-0.25, -0.2) is 12.8 Å². The molecule has 6 nitrogen and oxygen atoms in total. The van der Waals surface area contributed by atoms with Crippen LogP contribution < -0.4 is 14.4 Å².